The predicted octanol–water partition coefficient (Wildman–Crippen LogP) is 2.21. The number of nitrogens with two attached hydrogens (primary N) is 1. The summed E-state index contributed by atoms with van der Waals surface area (Å²) in [6, 6.07) is 10.7. The molecule has 0 aliphatic heterocycles. The Morgan fingerprint density at radius 2 is 2.06 bits per heavy atom. The maximum absolute atomic E-state index is 5.59. The SMILES string of the molecule is Cc1cccc(CC(Cc2ccoc2)NN)c1. The molecule has 3 heteroatoms. The largest absolute Gasteiger partial charge is 0.472 e. The predicted molar refractivity (Wildman–Crippen MR) is 68.4 cm³/mol. The Labute approximate surface area is 102 Å². The number of hydrogen-bond donors (Lipinski definition) is 2. The number of nitrogens with one attached hydrogen (secondary N) is 1. The Bertz CT molecular complexity index is 451. The lowest BCUT2D eigenvalue weighted by atomic mass is 10.00. The van der Waals surface area contributed by atoms with Crippen LogP contribution in [0.2, 0.25) is 0 Å². The van der Waals surface area contributed by atoms with E-state index in [0.29, 0.717) is 0 Å². The van der Waals surface area contributed by atoms with Crippen molar-refractivity contribution in [1.29, 1.82) is 0 Å². The maximum atomic E-state index is 5.59. The lowest BCUT2D eigenvalue weighted by Crippen LogP contribution is -2.38. The van der Waals surface area contributed by atoms with E-state index in [9.17, 15) is 0 Å². The molecule has 0 radical (unpaired) electrons. The van der Waals surface area contributed by atoms with Crippen LogP contribution in [0.15, 0.2) is 47.3 Å². The highest BCUT2D eigenvalue weighted by Crippen LogP contribution is 2.10. The minimum absolute atomic E-state index is 0.231. The highest BCUT2D eigenvalue weighted by atomic mass is 16.3. The second-order valence-corrected chi connectivity index (χ2v) is 4.39. The van der Waals surface area contributed by atoms with Crippen LogP contribution in [0, 0.1) is 6.92 Å². The van der Waals surface area contributed by atoms with Crippen molar-refractivity contribution >= 4 is 0 Å². The van der Waals surface area contributed by atoms with Crippen LogP contribution < -0.4 is 11.3 Å². The number of aryl methyl sites for hydroxylation is 1. The third kappa shape index (κ3) is 3.44. The molecule has 3 N–H and O–H groups in total. The van der Waals surface area contributed by atoms with E-state index in [1.165, 1.54) is 16.7 Å². The standard InChI is InChI=1S/C14H18N2O/c1-11-3-2-4-12(7-11)8-14(16-15)9-13-5-6-17-10-13/h2-7,10,14,16H,8-9,15H2,1H3. The van der Waals surface area contributed by atoms with E-state index in [0.717, 1.165) is 12.8 Å². The van der Waals surface area contributed by atoms with Crippen molar-refractivity contribution in [3.05, 3.63) is 59.5 Å². The van der Waals surface area contributed by atoms with E-state index in [1.54, 1.807) is 12.5 Å². The molecular weight excluding hydrogens is 212 g/mol. The van der Waals surface area contributed by atoms with Crippen LogP contribution in [0.5, 0.6) is 0 Å². The Morgan fingerprint density at radius 3 is 2.71 bits per heavy atom. The second kappa shape index (κ2) is 5.66. The van der Waals surface area contributed by atoms with Crippen molar-refractivity contribution in [2.45, 2.75) is 25.8 Å². The van der Waals surface area contributed by atoms with Gasteiger partial charge in [-0.05, 0) is 37.0 Å². The summed E-state index contributed by atoms with van der Waals surface area (Å²) in [4.78, 5) is 0. The average molecular weight is 230 g/mol. The number of hydrazine groups is 1. The lowest BCUT2D eigenvalue weighted by molar-refractivity contribution is 0.514. The first-order valence-electron chi connectivity index (χ1n) is 5.80. The Hall–Kier alpha value is -1.58. The summed E-state index contributed by atoms with van der Waals surface area (Å²) in [5.74, 6) is 5.59. The first kappa shape index (κ1) is 11.9. The minimum Gasteiger partial charge on any atom is -0.472 e. The topological polar surface area (TPSA) is 51.2 Å². The van der Waals surface area contributed by atoms with Crippen molar-refractivity contribution in [3.63, 3.8) is 0 Å². The Balaban J connectivity index is 2.00. The van der Waals surface area contributed by atoms with Crippen LogP contribution in [-0.4, -0.2) is 6.04 Å². The molecule has 1 aromatic heterocycles. The van der Waals surface area contributed by atoms with Crippen LogP contribution in [-0.2, 0) is 12.8 Å². The molecule has 0 aliphatic carbocycles. The highest BCUT2D eigenvalue weighted by Gasteiger charge is 2.09. The monoisotopic (exact) mass is 230 g/mol. The first-order valence-corrected chi connectivity index (χ1v) is 5.80. The molecule has 0 saturated heterocycles. The molecule has 0 saturated carbocycles. The van der Waals surface area contributed by atoms with Gasteiger partial charge in [0.25, 0.3) is 0 Å². The second-order valence-electron chi connectivity index (χ2n) is 4.39. The first-order chi connectivity index (χ1) is 8.28. The van der Waals surface area contributed by atoms with E-state index in [-0.39, 0.29) is 6.04 Å². The van der Waals surface area contributed by atoms with Gasteiger partial charge in [0.1, 0.15) is 0 Å². The normalized spacial score (nSPS) is 12.6. The van der Waals surface area contributed by atoms with Gasteiger partial charge in [0.15, 0.2) is 0 Å². The van der Waals surface area contributed by atoms with E-state index >= 15 is 0 Å². The smallest absolute Gasteiger partial charge is 0.0935 e. The van der Waals surface area contributed by atoms with E-state index in [2.05, 4.69) is 36.6 Å². The van der Waals surface area contributed by atoms with Gasteiger partial charge < -0.3 is 4.42 Å². The van der Waals surface area contributed by atoms with Crippen molar-refractivity contribution in [1.82, 2.24) is 5.43 Å². The zero-order valence-electron chi connectivity index (χ0n) is 10.0. The molecular formula is C14H18N2O. The summed E-state index contributed by atoms with van der Waals surface area (Å²) in [6.45, 7) is 2.10. The van der Waals surface area contributed by atoms with Gasteiger partial charge in [0.05, 0.1) is 12.5 Å². The minimum atomic E-state index is 0.231. The molecule has 2 aromatic rings. The Kier molecular flexibility index (Phi) is 3.96. The third-order valence-corrected chi connectivity index (χ3v) is 2.86. The van der Waals surface area contributed by atoms with Crippen molar-refractivity contribution < 1.29 is 4.42 Å². The summed E-state index contributed by atoms with van der Waals surface area (Å²) >= 11 is 0. The summed E-state index contributed by atoms with van der Waals surface area (Å²) in [5, 5.41) is 0. The zero-order valence-corrected chi connectivity index (χ0v) is 10.0. The number of benzene rings is 1. The molecule has 0 bridgehead atoms. The molecule has 1 heterocycles. The highest BCUT2D eigenvalue weighted by molar-refractivity contribution is 5.23. The third-order valence-electron chi connectivity index (χ3n) is 2.86. The molecule has 1 aromatic carbocycles. The molecule has 0 fully saturated rings. The van der Waals surface area contributed by atoms with E-state index < -0.39 is 0 Å². The van der Waals surface area contributed by atoms with Gasteiger partial charge in [-0.3, -0.25) is 11.3 Å². The van der Waals surface area contributed by atoms with Gasteiger partial charge in [-0.15, -0.1) is 0 Å². The van der Waals surface area contributed by atoms with Crippen molar-refractivity contribution in [2.24, 2.45) is 5.84 Å². The quantitative estimate of drug-likeness (QED) is 0.611. The molecule has 90 valence electrons. The molecule has 1 atom stereocenters. The number of furan rings is 1. The van der Waals surface area contributed by atoms with Crippen molar-refractivity contribution in [2.75, 3.05) is 0 Å². The van der Waals surface area contributed by atoms with Crippen LogP contribution in [0.3, 0.4) is 0 Å². The summed E-state index contributed by atoms with van der Waals surface area (Å²) in [7, 11) is 0. The van der Waals surface area contributed by atoms with Crippen LogP contribution in [0.25, 0.3) is 0 Å². The molecule has 1 unspecified atom stereocenters. The molecule has 0 amide bonds. The van der Waals surface area contributed by atoms with Crippen LogP contribution >= 0.6 is 0 Å². The molecule has 0 aliphatic rings. The van der Waals surface area contributed by atoms with E-state index in [1.807, 2.05) is 6.07 Å². The molecule has 17 heavy (non-hydrogen) atoms. The maximum Gasteiger partial charge on any atom is 0.0935 e. The van der Waals surface area contributed by atoms with Gasteiger partial charge in [-0.25, -0.2) is 0 Å². The van der Waals surface area contributed by atoms with Gasteiger partial charge in [-0.2, -0.15) is 0 Å². The van der Waals surface area contributed by atoms with Gasteiger partial charge in [-0.1, -0.05) is 29.8 Å². The number of rotatable bonds is 5. The fourth-order valence-corrected chi connectivity index (χ4v) is 2.01. The van der Waals surface area contributed by atoms with E-state index in [4.69, 9.17) is 10.3 Å². The fourth-order valence-electron chi connectivity index (χ4n) is 2.01. The Morgan fingerprint density at radius 1 is 1.24 bits per heavy atom. The average Bonchev–Trinajstić information content (AvgIpc) is 2.81. The fraction of sp³-hybridized carbons (Fsp3) is 0.286. The summed E-state index contributed by atoms with van der Waals surface area (Å²) in [6.07, 6.45) is 5.25. The summed E-state index contributed by atoms with van der Waals surface area (Å²) < 4.78 is 5.06. The number of hydrogen-bond acceptors (Lipinski definition) is 3. The lowest BCUT2D eigenvalue weighted by Gasteiger charge is -2.15. The zero-order chi connectivity index (χ0) is 12.1. The van der Waals surface area contributed by atoms with Crippen LogP contribution in [0.4, 0.5) is 0 Å². The molecule has 3 nitrogen and oxygen atoms in total. The molecule has 0 spiro atoms. The van der Waals surface area contributed by atoms with Crippen molar-refractivity contribution in [3.8, 4) is 0 Å². The van der Waals surface area contributed by atoms with Gasteiger partial charge >= 0.3 is 0 Å². The van der Waals surface area contributed by atoms with Gasteiger partial charge in [0.2, 0.25) is 0 Å². The summed E-state index contributed by atoms with van der Waals surface area (Å²) in [5.41, 5.74) is 6.62. The van der Waals surface area contributed by atoms with Gasteiger partial charge in [0, 0.05) is 6.04 Å². The van der Waals surface area contributed by atoms with Crippen LogP contribution in [0.1, 0.15) is 16.7 Å². The molecule has 2 rings (SSSR count).